The van der Waals surface area contributed by atoms with Crippen molar-refractivity contribution in [3.8, 4) is 0 Å². The number of hydrogen-bond acceptors (Lipinski definition) is 3. The van der Waals surface area contributed by atoms with Gasteiger partial charge >= 0.3 is 0 Å². The largest absolute Gasteiger partial charge is 0.396 e. The first-order valence-electron chi connectivity index (χ1n) is 5.19. The lowest BCUT2D eigenvalue weighted by atomic mass is 9.80. The first-order chi connectivity index (χ1) is 7.15. The van der Waals surface area contributed by atoms with Gasteiger partial charge in [-0.3, -0.25) is 0 Å². The molecule has 0 radical (unpaired) electrons. The highest BCUT2D eigenvalue weighted by Crippen LogP contribution is 2.31. The van der Waals surface area contributed by atoms with E-state index in [9.17, 15) is 5.11 Å². The van der Waals surface area contributed by atoms with E-state index in [0.29, 0.717) is 6.54 Å². The van der Waals surface area contributed by atoms with Crippen molar-refractivity contribution in [2.75, 3.05) is 13.2 Å². The van der Waals surface area contributed by atoms with Crippen LogP contribution >= 0.6 is 27.3 Å². The molecule has 0 amide bonds. The smallest absolute Gasteiger partial charge is 0.0503 e. The van der Waals surface area contributed by atoms with Crippen molar-refractivity contribution >= 4 is 27.3 Å². The van der Waals surface area contributed by atoms with Crippen LogP contribution in [0.4, 0.5) is 0 Å². The van der Waals surface area contributed by atoms with Crippen molar-refractivity contribution in [1.82, 2.24) is 0 Å². The van der Waals surface area contributed by atoms with Gasteiger partial charge in [-0.25, -0.2) is 0 Å². The average Bonchev–Trinajstić information content (AvgIpc) is 2.63. The van der Waals surface area contributed by atoms with Gasteiger partial charge in [0.1, 0.15) is 0 Å². The molecule has 1 aromatic rings. The fraction of sp³-hybridized carbons (Fsp3) is 0.636. The van der Waals surface area contributed by atoms with E-state index in [-0.39, 0.29) is 12.0 Å². The number of thiophene rings is 1. The van der Waals surface area contributed by atoms with Gasteiger partial charge in [-0.15, -0.1) is 11.3 Å². The fourth-order valence-corrected chi connectivity index (χ4v) is 3.43. The maximum absolute atomic E-state index is 9.49. The maximum atomic E-state index is 9.49. The Labute approximate surface area is 104 Å². The highest BCUT2D eigenvalue weighted by Gasteiger charge is 2.27. The van der Waals surface area contributed by atoms with Crippen LogP contribution in [0.3, 0.4) is 0 Å². The van der Waals surface area contributed by atoms with E-state index in [1.54, 1.807) is 11.3 Å². The minimum absolute atomic E-state index is 0.126. The predicted molar refractivity (Wildman–Crippen MR) is 69.2 cm³/mol. The highest BCUT2D eigenvalue weighted by molar-refractivity contribution is 9.10. The lowest BCUT2D eigenvalue weighted by molar-refractivity contribution is 0.122. The Morgan fingerprint density at radius 1 is 1.60 bits per heavy atom. The first kappa shape index (κ1) is 13.2. The van der Waals surface area contributed by atoms with E-state index < -0.39 is 0 Å². The van der Waals surface area contributed by atoms with Crippen LogP contribution in [0.25, 0.3) is 0 Å². The summed E-state index contributed by atoms with van der Waals surface area (Å²) >= 11 is 5.16. The van der Waals surface area contributed by atoms with Crippen LogP contribution in [-0.2, 0) is 6.42 Å². The number of aliphatic hydroxyl groups excluding tert-OH is 1. The molecule has 0 aliphatic carbocycles. The molecule has 0 bridgehead atoms. The first-order valence-corrected chi connectivity index (χ1v) is 6.87. The Morgan fingerprint density at radius 2 is 2.33 bits per heavy atom. The number of hydrogen-bond donors (Lipinski definition) is 2. The summed E-state index contributed by atoms with van der Waals surface area (Å²) in [5, 5.41) is 11.6. The quantitative estimate of drug-likeness (QED) is 0.847. The van der Waals surface area contributed by atoms with Gasteiger partial charge in [0.25, 0.3) is 0 Å². The Bertz CT molecular complexity index is 297. The Hall–Kier alpha value is 0.1000. The van der Waals surface area contributed by atoms with Crippen LogP contribution in [0.2, 0.25) is 0 Å². The normalized spacial score (nSPS) is 15.2. The van der Waals surface area contributed by atoms with Gasteiger partial charge in [0.2, 0.25) is 0 Å². The molecule has 0 aliphatic heterocycles. The third-order valence-corrected chi connectivity index (χ3v) is 4.42. The highest BCUT2D eigenvalue weighted by atomic mass is 79.9. The monoisotopic (exact) mass is 291 g/mol. The summed E-state index contributed by atoms with van der Waals surface area (Å²) in [6.07, 6.45) is 2.92. The zero-order chi connectivity index (χ0) is 11.3. The topological polar surface area (TPSA) is 46.2 Å². The third kappa shape index (κ3) is 3.55. The second kappa shape index (κ2) is 5.99. The molecule has 86 valence electrons. The van der Waals surface area contributed by atoms with Crippen molar-refractivity contribution < 1.29 is 5.11 Å². The Kier molecular flexibility index (Phi) is 5.26. The molecule has 0 saturated heterocycles. The minimum Gasteiger partial charge on any atom is -0.396 e. The third-order valence-electron chi connectivity index (χ3n) is 2.72. The molecule has 3 N–H and O–H groups in total. The molecule has 2 nitrogen and oxygen atoms in total. The van der Waals surface area contributed by atoms with Crippen LogP contribution in [0.1, 0.15) is 24.6 Å². The SMILES string of the molecule is CCCC(CN)(CO)Cc1cc(Br)cs1. The van der Waals surface area contributed by atoms with Crippen LogP contribution in [0.15, 0.2) is 15.9 Å². The molecule has 1 heterocycles. The summed E-state index contributed by atoms with van der Waals surface area (Å²) in [5.74, 6) is 0. The standard InChI is InChI=1S/C11H18BrNOS/c1-2-3-11(7-13,8-14)5-10-4-9(12)6-15-10/h4,6,14H,2-3,5,7-8,13H2,1H3. The summed E-state index contributed by atoms with van der Waals surface area (Å²) in [7, 11) is 0. The van der Waals surface area contributed by atoms with Crippen molar-refractivity contribution in [3.05, 3.63) is 20.8 Å². The second-order valence-corrected chi connectivity index (χ2v) is 5.93. The summed E-state index contributed by atoms with van der Waals surface area (Å²) < 4.78 is 1.11. The summed E-state index contributed by atoms with van der Waals surface area (Å²) in [6, 6.07) is 2.11. The molecule has 0 saturated carbocycles. The Balaban J connectivity index is 2.73. The Morgan fingerprint density at radius 3 is 2.73 bits per heavy atom. The van der Waals surface area contributed by atoms with E-state index in [0.717, 1.165) is 23.7 Å². The van der Waals surface area contributed by atoms with E-state index in [1.807, 2.05) is 0 Å². The zero-order valence-corrected chi connectivity index (χ0v) is 11.4. The lowest BCUT2D eigenvalue weighted by Gasteiger charge is -2.29. The summed E-state index contributed by atoms with van der Waals surface area (Å²) in [4.78, 5) is 1.29. The number of halogens is 1. The summed E-state index contributed by atoms with van der Waals surface area (Å²) in [6.45, 7) is 2.85. The molecule has 0 spiro atoms. The van der Waals surface area contributed by atoms with E-state index in [1.165, 1.54) is 4.88 Å². The zero-order valence-electron chi connectivity index (χ0n) is 9.00. The molecule has 4 heteroatoms. The summed E-state index contributed by atoms with van der Waals surface area (Å²) in [5.41, 5.74) is 5.67. The predicted octanol–water partition coefficient (Wildman–Crippen LogP) is 2.79. The average molecular weight is 292 g/mol. The molecule has 15 heavy (non-hydrogen) atoms. The van der Waals surface area contributed by atoms with Crippen molar-refractivity contribution in [2.24, 2.45) is 11.1 Å². The molecule has 1 aromatic heterocycles. The molecular formula is C11H18BrNOS. The minimum atomic E-state index is -0.126. The van der Waals surface area contributed by atoms with Gasteiger partial charge in [-0.2, -0.15) is 0 Å². The van der Waals surface area contributed by atoms with E-state index in [2.05, 4.69) is 34.3 Å². The van der Waals surface area contributed by atoms with Gasteiger partial charge in [-0.05, 0) is 34.8 Å². The van der Waals surface area contributed by atoms with Crippen LogP contribution in [0.5, 0.6) is 0 Å². The van der Waals surface area contributed by atoms with Crippen molar-refractivity contribution in [3.63, 3.8) is 0 Å². The number of nitrogens with two attached hydrogens (primary N) is 1. The van der Waals surface area contributed by atoms with E-state index >= 15 is 0 Å². The molecule has 1 atom stereocenters. The van der Waals surface area contributed by atoms with E-state index in [4.69, 9.17) is 5.73 Å². The second-order valence-electron chi connectivity index (χ2n) is 4.02. The van der Waals surface area contributed by atoms with Crippen molar-refractivity contribution in [2.45, 2.75) is 26.2 Å². The van der Waals surface area contributed by atoms with Gasteiger partial charge in [0.15, 0.2) is 0 Å². The van der Waals surface area contributed by atoms with Gasteiger partial charge in [0.05, 0.1) is 6.61 Å². The fourth-order valence-electron chi connectivity index (χ4n) is 1.81. The molecule has 0 fully saturated rings. The molecule has 0 aromatic carbocycles. The number of rotatable bonds is 6. The maximum Gasteiger partial charge on any atom is 0.0503 e. The van der Waals surface area contributed by atoms with Gasteiger partial charge in [-0.1, -0.05) is 13.3 Å². The molecular weight excluding hydrogens is 274 g/mol. The van der Waals surface area contributed by atoms with Crippen LogP contribution in [0, 0.1) is 5.41 Å². The van der Waals surface area contributed by atoms with Crippen LogP contribution < -0.4 is 5.73 Å². The van der Waals surface area contributed by atoms with Gasteiger partial charge in [0, 0.05) is 26.7 Å². The molecule has 0 aliphatic rings. The lowest BCUT2D eigenvalue weighted by Crippen LogP contribution is -2.36. The molecule has 1 rings (SSSR count). The van der Waals surface area contributed by atoms with Crippen LogP contribution in [-0.4, -0.2) is 18.3 Å². The van der Waals surface area contributed by atoms with Crippen molar-refractivity contribution in [1.29, 1.82) is 0 Å². The number of aliphatic hydroxyl groups is 1. The molecule has 1 unspecified atom stereocenters. The van der Waals surface area contributed by atoms with Gasteiger partial charge < -0.3 is 10.8 Å².